The number of sulfonamides is 1. The van der Waals surface area contributed by atoms with Crippen LogP contribution >= 0.6 is 0 Å². The van der Waals surface area contributed by atoms with Gasteiger partial charge in [0.05, 0.1) is 35.5 Å². The van der Waals surface area contributed by atoms with Crippen LogP contribution in [0, 0.1) is 0 Å². The van der Waals surface area contributed by atoms with Crippen LogP contribution < -0.4 is 10.6 Å². The van der Waals surface area contributed by atoms with Crippen LogP contribution in [0.5, 0.6) is 0 Å². The molecule has 0 atom stereocenters. The molecule has 1 amide bonds. The van der Waals surface area contributed by atoms with E-state index in [0.717, 1.165) is 11.1 Å². The summed E-state index contributed by atoms with van der Waals surface area (Å²) in [6.07, 6.45) is 3.32. The smallest absolute Gasteiger partial charge is 0.243 e. The first kappa shape index (κ1) is 21.8. The Morgan fingerprint density at radius 2 is 1.88 bits per heavy atom. The summed E-state index contributed by atoms with van der Waals surface area (Å²) >= 11 is 0. The summed E-state index contributed by atoms with van der Waals surface area (Å²) in [5.74, 6) is 0.779. The van der Waals surface area contributed by atoms with Crippen molar-refractivity contribution in [1.29, 1.82) is 0 Å². The molecule has 0 fully saturated rings. The molecule has 1 aliphatic rings. The second-order valence-corrected chi connectivity index (χ2v) is 9.87. The molecule has 10 heteroatoms. The highest BCUT2D eigenvalue weighted by atomic mass is 32.2. The Morgan fingerprint density at radius 3 is 2.65 bits per heavy atom. The van der Waals surface area contributed by atoms with Crippen molar-refractivity contribution >= 4 is 33.3 Å². The van der Waals surface area contributed by atoms with Gasteiger partial charge in [0.1, 0.15) is 5.76 Å². The van der Waals surface area contributed by atoms with Gasteiger partial charge in [0.2, 0.25) is 21.9 Å². The molecule has 0 saturated carbocycles. The van der Waals surface area contributed by atoms with Gasteiger partial charge in [-0.05, 0) is 42.5 Å². The van der Waals surface area contributed by atoms with Crippen LogP contribution in [0.15, 0.2) is 82.4 Å². The molecule has 172 valence electrons. The molecule has 2 aromatic heterocycles. The zero-order valence-corrected chi connectivity index (χ0v) is 19.0. The van der Waals surface area contributed by atoms with Crippen LogP contribution in [0.2, 0.25) is 0 Å². The molecule has 9 nitrogen and oxygen atoms in total. The molecule has 5 rings (SSSR count). The lowest BCUT2D eigenvalue weighted by molar-refractivity contribution is -0.115. The molecule has 3 heterocycles. The molecular weight excluding hydrogens is 454 g/mol. The first-order chi connectivity index (χ1) is 16.4. The molecule has 0 saturated heterocycles. The van der Waals surface area contributed by atoms with Crippen LogP contribution in [0.4, 0.5) is 17.3 Å². The Hall–Kier alpha value is -4.02. The number of aromatic nitrogens is 2. The number of benzene rings is 2. The second kappa shape index (κ2) is 8.73. The van der Waals surface area contributed by atoms with E-state index >= 15 is 0 Å². The maximum absolute atomic E-state index is 12.9. The van der Waals surface area contributed by atoms with Crippen molar-refractivity contribution in [3.8, 4) is 11.3 Å². The predicted molar refractivity (Wildman–Crippen MR) is 127 cm³/mol. The number of furan rings is 1. The van der Waals surface area contributed by atoms with Crippen LogP contribution in [-0.2, 0) is 27.8 Å². The van der Waals surface area contributed by atoms with E-state index < -0.39 is 10.0 Å². The van der Waals surface area contributed by atoms with Crippen molar-refractivity contribution in [3.05, 3.63) is 84.4 Å². The number of hydrogen-bond acceptors (Lipinski definition) is 7. The minimum absolute atomic E-state index is 0.121. The molecule has 0 spiro atoms. The molecule has 4 aromatic rings. The summed E-state index contributed by atoms with van der Waals surface area (Å²) in [7, 11) is -2.18. The van der Waals surface area contributed by atoms with Gasteiger partial charge in [0.15, 0.2) is 0 Å². The van der Waals surface area contributed by atoms with Crippen molar-refractivity contribution in [2.75, 3.05) is 17.7 Å². The number of carbonyl (C=O) groups is 1. The fraction of sp³-hybridized carbons (Fsp3) is 0.125. The van der Waals surface area contributed by atoms with E-state index in [4.69, 9.17) is 4.42 Å². The van der Waals surface area contributed by atoms with Gasteiger partial charge in [0.25, 0.3) is 0 Å². The van der Waals surface area contributed by atoms with Crippen molar-refractivity contribution in [1.82, 2.24) is 14.3 Å². The third-order valence-electron chi connectivity index (χ3n) is 5.45. The summed E-state index contributed by atoms with van der Waals surface area (Å²) in [6, 6.07) is 17.3. The maximum Gasteiger partial charge on any atom is 0.243 e. The number of para-hydroxylation sites is 1. The maximum atomic E-state index is 12.9. The van der Waals surface area contributed by atoms with Crippen molar-refractivity contribution in [2.24, 2.45) is 0 Å². The quantitative estimate of drug-likeness (QED) is 0.436. The highest BCUT2D eigenvalue weighted by molar-refractivity contribution is 7.89. The van der Waals surface area contributed by atoms with E-state index in [0.29, 0.717) is 28.8 Å². The fourth-order valence-corrected chi connectivity index (χ4v) is 4.86. The lowest BCUT2D eigenvalue weighted by atomic mass is 10.1. The Morgan fingerprint density at radius 1 is 1.09 bits per heavy atom. The first-order valence-electron chi connectivity index (χ1n) is 10.5. The molecule has 0 unspecified atom stereocenters. The van der Waals surface area contributed by atoms with Gasteiger partial charge in [-0.1, -0.05) is 18.2 Å². The summed E-state index contributed by atoms with van der Waals surface area (Å²) < 4.78 is 32.2. The SMILES string of the molecule is CN(Cc1ccco1)S(=O)(=O)c1ccc(Nc2ncc3c(n2)-c2ccccc2NC(=O)C3)cc1. The first-order valence-corrected chi connectivity index (χ1v) is 11.9. The number of anilines is 3. The highest BCUT2D eigenvalue weighted by Gasteiger charge is 2.23. The number of carbonyl (C=O) groups excluding carboxylic acids is 1. The number of rotatable bonds is 6. The molecule has 1 aliphatic heterocycles. The number of amides is 1. The average Bonchev–Trinajstić information content (AvgIpc) is 3.29. The number of hydrogen-bond donors (Lipinski definition) is 2. The Balaban J connectivity index is 1.37. The summed E-state index contributed by atoms with van der Waals surface area (Å²) in [5.41, 5.74) is 3.54. The van der Waals surface area contributed by atoms with Gasteiger partial charge in [0, 0.05) is 30.1 Å². The van der Waals surface area contributed by atoms with E-state index in [2.05, 4.69) is 20.6 Å². The van der Waals surface area contributed by atoms with Gasteiger partial charge in [-0.15, -0.1) is 0 Å². The zero-order valence-electron chi connectivity index (χ0n) is 18.2. The minimum atomic E-state index is -3.68. The Kier molecular flexibility index (Phi) is 5.60. The summed E-state index contributed by atoms with van der Waals surface area (Å²) in [4.78, 5) is 21.3. The third kappa shape index (κ3) is 4.28. The largest absolute Gasteiger partial charge is 0.468 e. The van der Waals surface area contributed by atoms with Crippen molar-refractivity contribution in [2.45, 2.75) is 17.9 Å². The van der Waals surface area contributed by atoms with Gasteiger partial charge >= 0.3 is 0 Å². The molecule has 0 bridgehead atoms. The number of nitrogens with zero attached hydrogens (tertiary/aromatic N) is 3. The van der Waals surface area contributed by atoms with Gasteiger partial charge in [-0.3, -0.25) is 4.79 Å². The van der Waals surface area contributed by atoms with E-state index in [1.54, 1.807) is 30.5 Å². The topological polar surface area (TPSA) is 117 Å². The lowest BCUT2D eigenvalue weighted by Gasteiger charge is -2.16. The summed E-state index contributed by atoms with van der Waals surface area (Å²) in [5, 5.41) is 6.00. The highest BCUT2D eigenvalue weighted by Crippen LogP contribution is 2.33. The Labute approximate surface area is 196 Å². The van der Waals surface area contributed by atoms with E-state index in [-0.39, 0.29) is 23.8 Å². The zero-order chi connectivity index (χ0) is 23.7. The van der Waals surface area contributed by atoms with Gasteiger partial charge < -0.3 is 15.1 Å². The number of nitrogens with one attached hydrogen (secondary N) is 2. The molecule has 2 aromatic carbocycles. The molecule has 34 heavy (non-hydrogen) atoms. The Bertz CT molecular complexity index is 1450. The fourth-order valence-electron chi connectivity index (χ4n) is 3.72. The average molecular weight is 476 g/mol. The monoisotopic (exact) mass is 475 g/mol. The van der Waals surface area contributed by atoms with E-state index in [1.165, 1.54) is 29.7 Å². The van der Waals surface area contributed by atoms with Crippen LogP contribution in [0.25, 0.3) is 11.3 Å². The third-order valence-corrected chi connectivity index (χ3v) is 7.27. The lowest BCUT2D eigenvalue weighted by Crippen LogP contribution is -2.26. The summed E-state index contributed by atoms with van der Waals surface area (Å²) in [6.45, 7) is 0.136. The molecule has 0 aliphatic carbocycles. The second-order valence-electron chi connectivity index (χ2n) is 7.83. The van der Waals surface area contributed by atoms with Crippen molar-refractivity contribution in [3.63, 3.8) is 0 Å². The van der Waals surface area contributed by atoms with Crippen LogP contribution in [0.1, 0.15) is 11.3 Å². The molecular formula is C24H21N5O4S. The normalized spacial score (nSPS) is 13.1. The number of fused-ring (bicyclic) bond motifs is 3. The van der Waals surface area contributed by atoms with E-state index in [9.17, 15) is 13.2 Å². The molecule has 2 N–H and O–H groups in total. The van der Waals surface area contributed by atoms with Gasteiger partial charge in [-0.2, -0.15) is 4.31 Å². The van der Waals surface area contributed by atoms with E-state index in [1.807, 2.05) is 24.3 Å². The minimum Gasteiger partial charge on any atom is -0.468 e. The van der Waals surface area contributed by atoms with Crippen LogP contribution in [0.3, 0.4) is 0 Å². The van der Waals surface area contributed by atoms with Gasteiger partial charge in [-0.25, -0.2) is 18.4 Å². The molecule has 0 radical (unpaired) electrons. The van der Waals surface area contributed by atoms with Crippen LogP contribution in [-0.4, -0.2) is 35.6 Å². The predicted octanol–water partition coefficient (Wildman–Crippen LogP) is 3.80. The standard InChI is InChI=1S/C24H21N5O4S/c1-29(15-18-5-4-12-33-18)34(31,32)19-10-8-17(9-11-19)26-24-25-14-16-13-22(30)27-21-7-3-2-6-20(21)23(16)28-24/h2-12,14H,13,15H2,1H3,(H,27,30)(H,25,26,28). The van der Waals surface area contributed by atoms with Crippen molar-refractivity contribution < 1.29 is 17.6 Å².